The molecule has 0 bridgehead atoms. The van der Waals surface area contributed by atoms with Crippen molar-refractivity contribution in [1.29, 1.82) is 0 Å². The second-order valence-corrected chi connectivity index (χ2v) is 5.80. The SMILES string of the molecule is COc1c(C)cc(CCNC(C)(C)CCO)cc1C. The fourth-order valence-electron chi connectivity index (χ4n) is 2.42. The van der Waals surface area contributed by atoms with Crippen molar-refractivity contribution in [1.82, 2.24) is 5.32 Å². The summed E-state index contributed by atoms with van der Waals surface area (Å²) < 4.78 is 5.38. The number of aliphatic hydroxyl groups excluding tert-OH is 1. The number of aryl methyl sites for hydroxylation is 2. The molecule has 0 saturated carbocycles. The van der Waals surface area contributed by atoms with Crippen LogP contribution < -0.4 is 10.1 Å². The van der Waals surface area contributed by atoms with Crippen molar-refractivity contribution in [3.8, 4) is 5.75 Å². The normalized spacial score (nSPS) is 11.7. The summed E-state index contributed by atoms with van der Waals surface area (Å²) in [5.74, 6) is 0.984. The third kappa shape index (κ3) is 4.84. The number of methoxy groups -OCH3 is 1. The lowest BCUT2D eigenvalue weighted by atomic mass is 10.00. The van der Waals surface area contributed by atoms with Gasteiger partial charge in [0.25, 0.3) is 0 Å². The fourth-order valence-corrected chi connectivity index (χ4v) is 2.42. The van der Waals surface area contributed by atoms with Crippen LogP contribution in [0, 0.1) is 13.8 Å². The lowest BCUT2D eigenvalue weighted by molar-refractivity contribution is 0.231. The second-order valence-electron chi connectivity index (χ2n) is 5.80. The maximum atomic E-state index is 8.99. The summed E-state index contributed by atoms with van der Waals surface area (Å²) in [7, 11) is 1.72. The van der Waals surface area contributed by atoms with Crippen LogP contribution in [0.2, 0.25) is 0 Å². The van der Waals surface area contributed by atoms with Crippen molar-refractivity contribution in [3.63, 3.8) is 0 Å². The van der Waals surface area contributed by atoms with Gasteiger partial charge in [0.05, 0.1) is 7.11 Å². The molecular weight excluding hydrogens is 238 g/mol. The van der Waals surface area contributed by atoms with E-state index in [9.17, 15) is 0 Å². The highest BCUT2D eigenvalue weighted by Gasteiger charge is 2.15. The average molecular weight is 265 g/mol. The summed E-state index contributed by atoms with van der Waals surface area (Å²) in [6, 6.07) is 4.37. The highest BCUT2D eigenvalue weighted by molar-refractivity contribution is 5.43. The molecule has 108 valence electrons. The smallest absolute Gasteiger partial charge is 0.124 e. The summed E-state index contributed by atoms with van der Waals surface area (Å²) in [5.41, 5.74) is 3.69. The van der Waals surface area contributed by atoms with Crippen molar-refractivity contribution >= 4 is 0 Å². The van der Waals surface area contributed by atoms with Crippen molar-refractivity contribution in [3.05, 3.63) is 28.8 Å². The van der Waals surface area contributed by atoms with E-state index >= 15 is 0 Å². The third-order valence-corrected chi connectivity index (χ3v) is 3.48. The van der Waals surface area contributed by atoms with Gasteiger partial charge in [0.15, 0.2) is 0 Å². The molecule has 1 rings (SSSR count). The Hall–Kier alpha value is -1.06. The zero-order chi connectivity index (χ0) is 14.5. The number of hydrogen-bond donors (Lipinski definition) is 2. The molecule has 0 amide bonds. The van der Waals surface area contributed by atoms with Gasteiger partial charge in [-0.15, -0.1) is 0 Å². The molecule has 3 heteroatoms. The summed E-state index contributed by atoms with van der Waals surface area (Å²) in [6.45, 7) is 9.54. The minimum Gasteiger partial charge on any atom is -0.496 e. The first kappa shape index (κ1) is 16.0. The Bertz CT molecular complexity index is 390. The minimum atomic E-state index is -0.00862. The standard InChI is InChI=1S/C16H27NO2/c1-12-10-14(11-13(2)15(12)19-5)6-8-17-16(3,4)7-9-18/h10-11,17-18H,6-9H2,1-5H3. The summed E-state index contributed by atoms with van der Waals surface area (Å²) in [5, 5.41) is 12.5. The lowest BCUT2D eigenvalue weighted by Gasteiger charge is -2.25. The van der Waals surface area contributed by atoms with Crippen LogP contribution in [0.3, 0.4) is 0 Å². The Labute approximate surface area is 117 Å². The molecule has 0 aromatic heterocycles. The summed E-state index contributed by atoms with van der Waals surface area (Å²) in [6.07, 6.45) is 1.76. The molecule has 0 heterocycles. The van der Waals surface area contributed by atoms with E-state index in [-0.39, 0.29) is 12.1 Å². The maximum Gasteiger partial charge on any atom is 0.124 e. The highest BCUT2D eigenvalue weighted by atomic mass is 16.5. The molecule has 0 fully saturated rings. The summed E-state index contributed by atoms with van der Waals surface area (Å²) in [4.78, 5) is 0. The van der Waals surface area contributed by atoms with Gasteiger partial charge >= 0.3 is 0 Å². The van der Waals surface area contributed by atoms with Crippen molar-refractivity contribution < 1.29 is 9.84 Å². The van der Waals surface area contributed by atoms with Gasteiger partial charge in [0.2, 0.25) is 0 Å². The monoisotopic (exact) mass is 265 g/mol. The van der Waals surface area contributed by atoms with Gasteiger partial charge in [-0.3, -0.25) is 0 Å². The third-order valence-electron chi connectivity index (χ3n) is 3.48. The lowest BCUT2D eigenvalue weighted by Crippen LogP contribution is -2.41. The number of hydrogen-bond acceptors (Lipinski definition) is 3. The molecule has 1 aromatic carbocycles. The number of benzene rings is 1. The molecule has 0 unspecified atom stereocenters. The van der Waals surface area contributed by atoms with E-state index < -0.39 is 0 Å². The molecule has 2 N–H and O–H groups in total. The Kier molecular flexibility index (Phi) is 5.83. The van der Waals surface area contributed by atoms with Crippen LogP contribution in [0.15, 0.2) is 12.1 Å². The van der Waals surface area contributed by atoms with E-state index in [1.807, 2.05) is 0 Å². The molecule has 3 nitrogen and oxygen atoms in total. The van der Waals surface area contributed by atoms with Crippen LogP contribution in [0.25, 0.3) is 0 Å². The van der Waals surface area contributed by atoms with Crippen molar-refractivity contribution in [2.24, 2.45) is 0 Å². The first-order chi connectivity index (χ1) is 8.89. The Morgan fingerprint density at radius 2 is 1.79 bits per heavy atom. The molecule has 0 radical (unpaired) electrons. The van der Waals surface area contributed by atoms with Crippen LogP contribution in [-0.4, -0.2) is 30.9 Å². The molecule has 0 saturated heterocycles. The molecule has 0 atom stereocenters. The largest absolute Gasteiger partial charge is 0.496 e. The van der Waals surface area contributed by atoms with E-state index in [0.717, 1.165) is 25.1 Å². The van der Waals surface area contributed by atoms with Crippen molar-refractivity contribution in [2.75, 3.05) is 20.3 Å². The van der Waals surface area contributed by atoms with Crippen LogP contribution >= 0.6 is 0 Å². The van der Waals surface area contributed by atoms with Crippen LogP contribution in [0.4, 0.5) is 0 Å². The predicted octanol–water partition coefficient (Wildman–Crippen LogP) is 2.61. The van der Waals surface area contributed by atoms with E-state index in [1.165, 1.54) is 16.7 Å². The van der Waals surface area contributed by atoms with E-state index in [1.54, 1.807) is 7.11 Å². The molecule has 0 spiro atoms. The number of rotatable bonds is 7. The van der Waals surface area contributed by atoms with Gasteiger partial charge < -0.3 is 15.2 Å². The second kappa shape index (κ2) is 6.92. The number of aliphatic hydroxyl groups is 1. The highest BCUT2D eigenvalue weighted by Crippen LogP contribution is 2.24. The molecule has 1 aromatic rings. The van der Waals surface area contributed by atoms with E-state index in [4.69, 9.17) is 9.84 Å². The Morgan fingerprint density at radius 1 is 1.21 bits per heavy atom. The van der Waals surface area contributed by atoms with Crippen molar-refractivity contribution in [2.45, 2.75) is 46.1 Å². The number of ether oxygens (including phenoxy) is 1. The van der Waals surface area contributed by atoms with Gasteiger partial charge in [0.1, 0.15) is 5.75 Å². The maximum absolute atomic E-state index is 8.99. The molecular formula is C16H27NO2. The summed E-state index contributed by atoms with van der Waals surface area (Å²) >= 11 is 0. The Morgan fingerprint density at radius 3 is 2.26 bits per heavy atom. The van der Waals surface area contributed by atoms with Crippen LogP contribution in [0.5, 0.6) is 5.75 Å². The van der Waals surface area contributed by atoms with E-state index in [0.29, 0.717) is 0 Å². The first-order valence-corrected chi connectivity index (χ1v) is 6.89. The van der Waals surface area contributed by atoms with Gasteiger partial charge in [-0.1, -0.05) is 12.1 Å². The van der Waals surface area contributed by atoms with Gasteiger partial charge in [0, 0.05) is 12.1 Å². The molecule has 19 heavy (non-hydrogen) atoms. The van der Waals surface area contributed by atoms with E-state index in [2.05, 4.69) is 45.1 Å². The topological polar surface area (TPSA) is 41.5 Å². The van der Waals surface area contributed by atoms with Gasteiger partial charge in [-0.25, -0.2) is 0 Å². The minimum absolute atomic E-state index is 0.00862. The zero-order valence-corrected chi connectivity index (χ0v) is 12.8. The van der Waals surface area contributed by atoms with Crippen LogP contribution in [0.1, 0.15) is 37.0 Å². The average Bonchev–Trinajstić information content (AvgIpc) is 2.28. The molecule has 0 aliphatic rings. The predicted molar refractivity (Wildman–Crippen MR) is 80.0 cm³/mol. The van der Waals surface area contributed by atoms with Gasteiger partial charge in [-0.2, -0.15) is 0 Å². The molecule has 0 aliphatic heterocycles. The van der Waals surface area contributed by atoms with Crippen LogP contribution in [-0.2, 0) is 6.42 Å². The first-order valence-electron chi connectivity index (χ1n) is 6.89. The zero-order valence-electron chi connectivity index (χ0n) is 12.8. The van der Waals surface area contributed by atoms with Gasteiger partial charge in [-0.05, 0) is 63.8 Å². The molecule has 0 aliphatic carbocycles. The number of nitrogens with one attached hydrogen (secondary N) is 1. The fraction of sp³-hybridized carbons (Fsp3) is 0.625. The quantitative estimate of drug-likeness (QED) is 0.796. The Balaban J connectivity index is 2.59.